The second-order valence-corrected chi connectivity index (χ2v) is 18.6. The van der Waals surface area contributed by atoms with Crippen molar-refractivity contribution in [2.45, 2.75) is 65.4 Å². The number of aromatic nitrogens is 2. The number of nitrogens with zero attached hydrogens (tertiary/aromatic N) is 2. The minimum atomic E-state index is -2.43. The Morgan fingerprint density at radius 2 is 0.979 bits per heavy atom. The highest BCUT2D eigenvalue weighted by Crippen LogP contribution is 2.24. The Labute approximate surface area is 284 Å². The van der Waals surface area contributed by atoms with E-state index in [-0.39, 0.29) is 10.8 Å². The molecule has 0 atom stereocenters. The molecule has 0 N–H and O–H groups in total. The van der Waals surface area contributed by atoms with E-state index in [9.17, 15) is 0 Å². The van der Waals surface area contributed by atoms with Crippen molar-refractivity contribution in [3.63, 3.8) is 0 Å². The number of rotatable bonds is 7. The van der Waals surface area contributed by atoms with Crippen LogP contribution in [0.4, 0.5) is 0 Å². The molecule has 6 aromatic rings. The molecule has 1 aromatic heterocycles. The molecular formula is C43H49BN2Si. The second-order valence-electron chi connectivity index (χ2n) is 14.7. The van der Waals surface area contributed by atoms with Crippen molar-refractivity contribution in [3.05, 3.63) is 169 Å². The molecule has 0 saturated heterocycles. The van der Waals surface area contributed by atoms with Crippen LogP contribution in [0.25, 0.3) is 0 Å². The summed E-state index contributed by atoms with van der Waals surface area (Å²) in [6.07, 6.45) is 6.87. The van der Waals surface area contributed by atoms with Crippen LogP contribution in [0, 0.1) is 0 Å². The lowest BCUT2D eigenvalue weighted by Gasteiger charge is -2.36. The molecule has 0 unspecified atom stereocenters. The quantitative estimate of drug-likeness (QED) is 0.136. The van der Waals surface area contributed by atoms with Crippen LogP contribution in [0.2, 0.25) is 6.82 Å². The first-order valence-electron chi connectivity index (χ1n) is 16.8. The third-order valence-electron chi connectivity index (χ3n) is 9.29. The molecule has 47 heavy (non-hydrogen) atoms. The minimum absolute atomic E-state index is 0.0924. The van der Waals surface area contributed by atoms with Crippen molar-refractivity contribution in [1.82, 2.24) is 9.55 Å². The Bertz CT molecular complexity index is 1720. The highest BCUT2D eigenvalue weighted by atomic mass is 28.3. The molecule has 0 radical (unpaired) electrons. The van der Waals surface area contributed by atoms with Gasteiger partial charge in [0.15, 0.2) is 8.07 Å². The molecule has 0 fully saturated rings. The maximum atomic E-state index is 4.39. The summed E-state index contributed by atoms with van der Waals surface area (Å²) in [6.45, 7) is 16.5. The van der Waals surface area contributed by atoms with Gasteiger partial charge < -0.3 is 4.57 Å². The summed E-state index contributed by atoms with van der Waals surface area (Å²) in [5.74, 6) is 0. The van der Waals surface area contributed by atoms with Crippen LogP contribution in [0.15, 0.2) is 158 Å². The van der Waals surface area contributed by atoms with Crippen LogP contribution in [0.3, 0.4) is 0 Å². The first-order valence-corrected chi connectivity index (χ1v) is 19.0. The molecule has 238 valence electrons. The Balaban J connectivity index is 0.000000257. The molecule has 0 aliphatic heterocycles. The summed E-state index contributed by atoms with van der Waals surface area (Å²) in [4.78, 5) is 4.39. The van der Waals surface area contributed by atoms with Crippen molar-refractivity contribution in [1.29, 1.82) is 0 Å². The van der Waals surface area contributed by atoms with Gasteiger partial charge in [-0.3, -0.25) is 0 Å². The van der Waals surface area contributed by atoms with Gasteiger partial charge in [-0.1, -0.05) is 199 Å². The van der Waals surface area contributed by atoms with Crippen molar-refractivity contribution in [3.8, 4) is 0 Å². The Morgan fingerprint density at radius 3 is 1.38 bits per heavy atom. The van der Waals surface area contributed by atoms with E-state index in [2.05, 4.69) is 204 Å². The van der Waals surface area contributed by atoms with E-state index in [1.807, 2.05) is 12.5 Å². The van der Waals surface area contributed by atoms with Gasteiger partial charge >= 0.3 is 0 Å². The predicted octanol–water partition coefficient (Wildman–Crippen LogP) is 7.11. The fourth-order valence-electron chi connectivity index (χ4n) is 6.33. The lowest BCUT2D eigenvalue weighted by molar-refractivity contribution is 0.590. The van der Waals surface area contributed by atoms with Crippen molar-refractivity contribution in [2.24, 2.45) is 0 Å². The Kier molecular flexibility index (Phi) is 10.5. The zero-order valence-electron chi connectivity index (χ0n) is 29.2. The summed E-state index contributed by atoms with van der Waals surface area (Å²) >= 11 is 0. The van der Waals surface area contributed by atoms with E-state index in [4.69, 9.17) is 0 Å². The molecular weight excluding hydrogens is 583 g/mol. The monoisotopic (exact) mass is 632 g/mol. The standard InChI is InChI=1S/C30H36N2Si.C13H13B/c1-29(2,3)24-12-10-16-27(20-24)33(23-32-19-18-31-22-32,26-14-8-7-9-15-26)28-17-11-13-25(21-28)30(4,5)6;1-14(12-8-4-2-5-9-12)13-10-6-3-7-11-13/h7-22H,23H2,1-6H3;2-11H,1H3. The first kappa shape index (κ1) is 33.9. The lowest BCUT2D eigenvalue weighted by Crippen LogP contribution is -2.70. The summed E-state index contributed by atoms with van der Waals surface area (Å²) in [6, 6.07) is 51.1. The first-order chi connectivity index (χ1) is 22.5. The molecule has 4 heteroatoms. The van der Waals surface area contributed by atoms with E-state index in [0.717, 1.165) is 6.17 Å². The fraction of sp³-hybridized carbons (Fsp3) is 0.233. The summed E-state index contributed by atoms with van der Waals surface area (Å²) in [5, 5.41) is 4.32. The molecule has 5 aromatic carbocycles. The van der Waals surface area contributed by atoms with E-state index in [1.54, 1.807) is 0 Å². The normalized spacial score (nSPS) is 11.8. The van der Waals surface area contributed by atoms with Crippen LogP contribution in [0.1, 0.15) is 52.7 Å². The predicted molar refractivity (Wildman–Crippen MR) is 207 cm³/mol. The molecule has 0 saturated carbocycles. The molecule has 0 spiro atoms. The van der Waals surface area contributed by atoms with E-state index >= 15 is 0 Å². The Hall–Kier alpha value is -4.41. The fourth-order valence-corrected chi connectivity index (χ4v) is 10.9. The Morgan fingerprint density at radius 1 is 0.553 bits per heavy atom. The van der Waals surface area contributed by atoms with Gasteiger partial charge in [0.1, 0.15) is 0 Å². The van der Waals surface area contributed by atoms with Crippen LogP contribution in [-0.4, -0.2) is 24.3 Å². The molecule has 0 aliphatic rings. The van der Waals surface area contributed by atoms with Gasteiger partial charge in [0.2, 0.25) is 6.71 Å². The van der Waals surface area contributed by atoms with Gasteiger partial charge in [0, 0.05) is 18.6 Å². The molecule has 2 nitrogen and oxygen atoms in total. The molecule has 6 rings (SSSR count). The summed E-state index contributed by atoms with van der Waals surface area (Å²) < 4.78 is 2.27. The average molecular weight is 633 g/mol. The van der Waals surface area contributed by atoms with Crippen molar-refractivity contribution >= 4 is 41.3 Å². The molecule has 0 aliphatic carbocycles. The van der Waals surface area contributed by atoms with Gasteiger partial charge in [-0.05, 0) is 37.5 Å². The van der Waals surface area contributed by atoms with E-state index < -0.39 is 8.07 Å². The summed E-state index contributed by atoms with van der Waals surface area (Å²) in [7, 11) is -2.43. The number of hydrogen-bond donors (Lipinski definition) is 0. The summed E-state index contributed by atoms with van der Waals surface area (Å²) in [5.41, 5.74) is 5.69. The van der Waals surface area contributed by atoms with Crippen LogP contribution < -0.4 is 26.5 Å². The van der Waals surface area contributed by atoms with Crippen LogP contribution >= 0.6 is 0 Å². The van der Waals surface area contributed by atoms with Crippen LogP contribution in [-0.2, 0) is 17.0 Å². The minimum Gasteiger partial charge on any atom is -0.339 e. The zero-order chi connectivity index (χ0) is 33.5. The molecule has 1 heterocycles. The highest BCUT2D eigenvalue weighted by Gasteiger charge is 2.41. The van der Waals surface area contributed by atoms with Gasteiger partial charge in [-0.15, -0.1) is 0 Å². The van der Waals surface area contributed by atoms with Gasteiger partial charge in [-0.25, -0.2) is 4.98 Å². The maximum absolute atomic E-state index is 4.39. The average Bonchev–Trinajstić information content (AvgIpc) is 3.61. The molecule has 0 bridgehead atoms. The third-order valence-corrected chi connectivity index (χ3v) is 14.0. The number of benzene rings is 5. The smallest absolute Gasteiger partial charge is 0.206 e. The van der Waals surface area contributed by atoms with Gasteiger partial charge in [0.25, 0.3) is 0 Å². The second kappa shape index (κ2) is 14.6. The third kappa shape index (κ3) is 8.12. The largest absolute Gasteiger partial charge is 0.339 e. The van der Waals surface area contributed by atoms with Gasteiger partial charge in [-0.2, -0.15) is 0 Å². The maximum Gasteiger partial charge on any atom is 0.206 e. The highest BCUT2D eigenvalue weighted by molar-refractivity contribution is 7.10. The topological polar surface area (TPSA) is 17.8 Å². The lowest BCUT2D eigenvalue weighted by atomic mass is 9.43. The SMILES string of the molecule is CB(c1ccccc1)c1ccccc1.CC(C)(C)c1cccc([Si](Cn2ccnc2)(c2ccccc2)c2cccc(C(C)(C)C)c2)c1. The van der Waals surface area contributed by atoms with Crippen LogP contribution in [0.5, 0.6) is 0 Å². The zero-order valence-corrected chi connectivity index (χ0v) is 30.2. The molecule has 0 amide bonds. The van der Waals surface area contributed by atoms with E-state index in [1.165, 1.54) is 37.6 Å². The number of hydrogen-bond acceptors (Lipinski definition) is 1. The van der Waals surface area contributed by atoms with Gasteiger partial charge in [0.05, 0.1) is 6.33 Å². The van der Waals surface area contributed by atoms with Crippen molar-refractivity contribution < 1.29 is 0 Å². The van der Waals surface area contributed by atoms with Crippen molar-refractivity contribution in [2.75, 3.05) is 0 Å². The van der Waals surface area contributed by atoms with E-state index in [0.29, 0.717) is 6.71 Å². The number of imidazole rings is 1.